The van der Waals surface area contributed by atoms with E-state index in [2.05, 4.69) is 102 Å². The van der Waals surface area contributed by atoms with Gasteiger partial charge in [0.05, 0.1) is 22.4 Å². The van der Waals surface area contributed by atoms with Gasteiger partial charge in [0, 0.05) is 23.4 Å². The van der Waals surface area contributed by atoms with E-state index in [9.17, 15) is 0 Å². The molecule has 0 saturated carbocycles. The Morgan fingerprint density at radius 1 is 0.500 bits per heavy atom. The molecule has 2 aromatic heterocycles. The first kappa shape index (κ1) is 25.2. The lowest BCUT2D eigenvalue weighted by Gasteiger charge is -2.32. The van der Waals surface area contributed by atoms with E-state index in [0.29, 0.717) is 0 Å². The van der Waals surface area contributed by atoms with Crippen molar-refractivity contribution in [2.24, 2.45) is 0 Å². The van der Waals surface area contributed by atoms with Gasteiger partial charge in [-0.2, -0.15) is 0 Å². The number of aromatic nitrogens is 2. The van der Waals surface area contributed by atoms with E-state index in [4.69, 9.17) is 18.6 Å². The minimum atomic E-state index is -0.297. The lowest BCUT2D eigenvalue weighted by Crippen LogP contribution is -2.41. The number of hydrogen-bond acceptors (Lipinski definition) is 4. The van der Waals surface area contributed by atoms with Crippen molar-refractivity contribution < 1.29 is 18.6 Å². The van der Waals surface area contributed by atoms with E-state index in [1.807, 2.05) is 24.5 Å². The molecule has 0 atom stereocenters. The topological polar surface area (TPSA) is 68.5 Å². The molecule has 2 aliphatic heterocycles. The van der Waals surface area contributed by atoms with Crippen LogP contribution in [0.4, 0.5) is 0 Å². The number of rotatable bonds is 2. The van der Waals surface area contributed by atoms with Crippen LogP contribution in [-0.4, -0.2) is 46.6 Å². The number of H-pyrrole nitrogens is 2. The minimum absolute atomic E-state index is 0.295. The summed E-state index contributed by atoms with van der Waals surface area (Å²) in [7, 11) is -0.594. The molecule has 0 amide bonds. The van der Waals surface area contributed by atoms with E-state index >= 15 is 0 Å². The largest absolute Gasteiger partial charge is 0.495 e. The fourth-order valence-corrected chi connectivity index (χ4v) is 4.57. The summed E-state index contributed by atoms with van der Waals surface area (Å²) in [5.74, 6) is 0. The first-order valence-corrected chi connectivity index (χ1v) is 12.6. The molecule has 188 valence electrons. The van der Waals surface area contributed by atoms with Gasteiger partial charge in [0.2, 0.25) is 0 Å². The van der Waals surface area contributed by atoms with Crippen molar-refractivity contribution in [2.75, 3.05) is 0 Å². The second kappa shape index (κ2) is 8.52. The average molecular weight is 486 g/mol. The zero-order valence-corrected chi connectivity index (χ0v) is 22.6. The van der Waals surface area contributed by atoms with Crippen molar-refractivity contribution in [2.45, 2.75) is 77.8 Å². The first-order chi connectivity index (χ1) is 16.8. The van der Waals surface area contributed by atoms with Crippen molar-refractivity contribution in [3.8, 4) is 0 Å². The summed E-state index contributed by atoms with van der Waals surface area (Å²) in [5.41, 5.74) is 3.22. The molecule has 2 aromatic carbocycles. The van der Waals surface area contributed by atoms with Gasteiger partial charge in [-0.1, -0.05) is 24.3 Å². The fourth-order valence-electron chi connectivity index (χ4n) is 4.57. The molecule has 4 heterocycles. The predicted octanol–water partition coefficient (Wildman–Crippen LogP) is 4.93. The summed E-state index contributed by atoms with van der Waals surface area (Å²) >= 11 is 0. The molecule has 6 nitrogen and oxygen atoms in total. The van der Waals surface area contributed by atoms with Crippen molar-refractivity contribution >= 4 is 47.0 Å². The quantitative estimate of drug-likeness (QED) is 0.395. The normalized spacial score (nSPS) is 21.7. The number of benzene rings is 2. The monoisotopic (exact) mass is 486 g/mol. The molecule has 36 heavy (non-hydrogen) atoms. The number of fused-ring (bicyclic) bond motifs is 2. The Bertz CT molecular complexity index is 1250. The van der Waals surface area contributed by atoms with E-state index in [-0.39, 0.29) is 36.6 Å². The van der Waals surface area contributed by atoms with Crippen LogP contribution in [0.5, 0.6) is 0 Å². The van der Waals surface area contributed by atoms with Gasteiger partial charge in [0.15, 0.2) is 0 Å². The second-order valence-electron chi connectivity index (χ2n) is 11.7. The summed E-state index contributed by atoms with van der Waals surface area (Å²) in [6.45, 7) is 16.6. The third-order valence-electron chi connectivity index (χ3n) is 8.27. The zero-order chi connectivity index (χ0) is 25.9. The molecule has 8 heteroatoms. The summed E-state index contributed by atoms with van der Waals surface area (Å²) in [6, 6.07) is 16.4. The lowest BCUT2D eigenvalue weighted by atomic mass is 9.77. The highest BCUT2D eigenvalue weighted by atomic mass is 16.7. The van der Waals surface area contributed by atoms with Crippen LogP contribution in [-0.2, 0) is 18.6 Å². The molecule has 6 rings (SSSR count). The molecule has 0 unspecified atom stereocenters. The Balaban J connectivity index is 0.000000148. The first-order valence-electron chi connectivity index (χ1n) is 12.6. The summed E-state index contributed by atoms with van der Waals surface area (Å²) in [5, 5.41) is 2.33. The highest BCUT2D eigenvalue weighted by molar-refractivity contribution is 6.65. The van der Waals surface area contributed by atoms with Gasteiger partial charge in [-0.3, -0.25) is 0 Å². The van der Waals surface area contributed by atoms with E-state index < -0.39 is 0 Å². The molecular weight excluding hydrogens is 450 g/mol. The third-order valence-corrected chi connectivity index (χ3v) is 8.27. The van der Waals surface area contributed by atoms with Crippen LogP contribution < -0.4 is 10.9 Å². The van der Waals surface area contributed by atoms with Gasteiger partial charge in [-0.05, 0) is 101 Å². The van der Waals surface area contributed by atoms with Crippen LogP contribution in [0.15, 0.2) is 60.9 Å². The summed E-state index contributed by atoms with van der Waals surface area (Å²) in [6.07, 6.45) is 3.89. The Morgan fingerprint density at radius 2 is 0.833 bits per heavy atom. The van der Waals surface area contributed by atoms with Crippen molar-refractivity contribution in [3.05, 3.63) is 60.9 Å². The fraction of sp³-hybridized carbons (Fsp3) is 0.429. The molecule has 2 N–H and O–H groups in total. The maximum atomic E-state index is 6.09. The van der Waals surface area contributed by atoms with Crippen LogP contribution >= 0.6 is 0 Å². The molecule has 2 aliphatic rings. The Labute approximate surface area is 214 Å². The Kier molecular flexibility index (Phi) is 5.95. The number of aromatic amines is 2. The number of hydrogen-bond donors (Lipinski definition) is 2. The van der Waals surface area contributed by atoms with Gasteiger partial charge in [-0.25, -0.2) is 0 Å². The van der Waals surface area contributed by atoms with E-state index in [1.54, 1.807) is 0 Å². The maximum Gasteiger partial charge on any atom is 0.495 e. The van der Waals surface area contributed by atoms with Crippen molar-refractivity contribution in [1.82, 2.24) is 9.97 Å². The molecule has 0 bridgehead atoms. The van der Waals surface area contributed by atoms with Crippen molar-refractivity contribution in [1.29, 1.82) is 0 Å². The van der Waals surface area contributed by atoms with E-state index in [0.717, 1.165) is 32.7 Å². The van der Waals surface area contributed by atoms with Crippen LogP contribution in [0.2, 0.25) is 0 Å². The van der Waals surface area contributed by atoms with Gasteiger partial charge in [0.25, 0.3) is 0 Å². The van der Waals surface area contributed by atoms with Crippen LogP contribution in [0.3, 0.4) is 0 Å². The summed E-state index contributed by atoms with van der Waals surface area (Å²) < 4.78 is 24.4. The molecule has 2 fully saturated rings. The molecule has 0 spiro atoms. The SMILES string of the molecule is CC1(C)OB(c2cccc3[nH]ccc23)OC1(C)C.CC1(C)OB(c2cccc3[nH]ccc23)OC1(C)C. The number of nitrogens with one attached hydrogen (secondary N) is 2. The predicted molar refractivity (Wildman–Crippen MR) is 148 cm³/mol. The maximum absolute atomic E-state index is 6.09. The van der Waals surface area contributed by atoms with Crippen LogP contribution in [0.25, 0.3) is 21.8 Å². The lowest BCUT2D eigenvalue weighted by molar-refractivity contribution is 0.00578. The van der Waals surface area contributed by atoms with Gasteiger partial charge >= 0.3 is 14.2 Å². The highest BCUT2D eigenvalue weighted by Crippen LogP contribution is 2.38. The van der Waals surface area contributed by atoms with Crippen LogP contribution in [0.1, 0.15) is 55.4 Å². The van der Waals surface area contributed by atoms with Gasteiger partial charge < -0.3 is 28.6 Å². The van der Waals surface area contributed by atoms with Crippen molar-refractivity contribution in [3.63, 3.8) is 0 Å². The molecule has 4 aromatic rings. The summed E-state index contributed by atoms with van der Waals surface area (Å²) in [4.78, 5) is 6.43. The average Bonchev–Trinajstić information content (AvgIpc) is 3.53. The van der Waals surface area contributed by atoms with Gasteiger partial charge in [0.1, 0.15) is 0 Å². The van der Waals surface area contributed by atoms with Crippen LogP contribution in [0, 0.1) is 0 Å². The van der Waals surface area contributed by atoms with Gasteiger partial charge in [-0.15, -0.1) is 0 Å². The Hall–Kier alpha value is -2.51. The highest BCUT2D eigenvalue weighted by Gasteiger charge is 2.53. The minimum Gasteiger partial charge on any atom is -0.399 e. The second-order valence-corrected chi connectivity index (χ2v) is 11.7. The molecule has 0 radical (unpaired) electrons. The van der Waals surface area contributed by atoms with E-state index in [1.165, 1.54) is 0 Å². The molecule has 0 aliphatic carbocycles. The standard InChI is InChI=1S/2C14H18BNO2/c2*1-13(2)14(3,4)18-15(17-13)11-6-5-7-12-10(11)8-9-16-12/h2*5-9,16H,1-4H3. The Morgan fingerprint density at radius 3 is 1.17 bits per heavy atom. The third kappa shape index (κ3) is 4.20. The zero-order valence-electron chi connectivity index (χ0n) is 22.6. The molecule has 2 saturated heterocycles. The smallest absolute Gasteiger partial charge is 0.399 e. The molecular formula is C28H36B2N2O4.